The van der Waals surface area contributed by atoms with Gasteiger partial charge in [-0.3, -0.25) is 9.59 Å². The van der Waals surface area contributed by atoms with Crippen LogP contribution in [-0.4, -0.2) is 11.8 Å². The Morgan fingerprint density at radius 2 is 1.36 bits per heavy atom. The van der Waals surface area contributed by atoms with Gasteiger partial charge in [-0.25, -0.2) is 4.90 Å². The Morgan fingerprint density at radius 1 is 0.727 bits per heavy atom. The summed E-state index contributed by atoms with van der Waals surface area (Å²) in [7, 11) is 0. The number of amides is 2. The number of hydrogen-bond donors (Lipinski definition) is 1. The summed E-state index contributed by atoms with van der Waals surface area (Å²) in [6.45, 7) is 12.5. The van der Waals surface area contributed by atoms with E-state index >= 15 is 0 Å². The van der Waals surface area contributed by atoms with Crippen molar-refractivity contribution in [3.8, 4) is 0 Å². The number of carbonyl (C=O) groups excluding carboxylic acids is 2. The molecule has 0 saturated heterocycles. The minimum atomic E-state index is -0.350. The van der Waals surface area contributed by atoms with Crippen LogP contribution in [0.25, 0.3) is 5.57 Å². The quantitative estimate of drug-likeness (QED) is 0.486. The summed E-state index contributed by atoms with van der Waals surface area (Å²) in [4.78, 5) is 28.5. The van der Waals surface area contributed by atoms with Crippen LogP contribution in [0.2, 0.25) is 0 Å². The molecule has 4 heteroatoms. The van der Waals surface area contributed by atoms with Crippen molar-refractivity contribution in [2.45, 2.75) is 47.0 Å². The normalized spacial score (nSPS) is 14.3. The summed E-state index contributed by atoms with van der Waals surface area (Å²) in [5.74, 6) is -0.670. The minimum Gasteiger partial charge on any atom is -0.350 e. The SMILES string of the molecule is Cc1ccc(C2=C(Nc3ccc(C)c(C)c3)C(=O)N(c3ccc(C(C)(C)C)cc3)C2=O)cc1. The second kappa shape index (κ2) is 8.36. The van der Waals surface area contributed by atoms with Crippen molar-refractivity contribution in [2.24, 2.45) is 0 Å². The van der Waals surface area contributed by atoms with E-state index in [1.54, 1.807) is 0 Å². The molecule has 33 heavy (non-hydrogen) atoms. The summed E-state index contributed by atoms with van der Waals surface area (Å²) in [6.07, 6.45) is 0. The number of imide groups is 1. The Balaban J connectivity index is 1.78. The van der Waals surface area contributed by atoms with Crippen LogP contribution in [-0.2, 0) is 15.0 Å². The largest absolute Gasteiger partial charge is 0.350 e. The maximum absolute atomic E-state index is 13.6. The molecule has 1 heterocycles. The van der Waals surface area contributed by atoms with Crippen LogP contribution in [0.3, 0.4) is 0 Å². The second-order valence-electron chi connectivity index (χ2n) is 9.78. The van der Waals surface area contributed by atoms with Gasteiger partial charge in [-0.1, -0.05) is 68.8 Å². The molecule has 0 bridgehead atoms. The molecule has 0 saturated carbocycles. The van der Waals surface area contributed by atoms with E-state index in [4.69, 9.17) is 0 Å². The van der Waals surface area contributed by atoms with E-state index in [2.05, 4.69) is 26.1 Å². The van der Waals surface area contributed by atoms with Gasteiger partial charge < -0.3 is 5.32 Å². The van der Waals surface area contributed by atoms with Gasteiger partial charge in [0.25, 0.3) is 11.8 Å². The van der Waals surface area contributed by atoms with Crippen molar-refractivity contribution in [1.29, 1.82) is 0 Å². The minimum absolute atomic E-state index is 0.0150. The standard InChI is InChI=1S/C29H30N2O2/c1-18-7-10-21(11-8-18)25-26(30-23-14-9-19(2)20(3)17-23)28(33)31(27(25)32)24-15-12-22(13-16-24)29(4,5)6/h7-17,30H,1-6H3. The van der Waals surface area contributed by atoms with Gasteiger partial charge >= 0.3 is 0 Å². The lowest BCUT2D eigenvalue weighted by atomic mass is 9.87. The zero-order valence-electron chi connectivity index (χ0n) is 20.1. The molecule has 0 radical (unpaired) electrons. The first-order valence-corrected chi connectivity index (χ1v) is 11.2. The Hall–Kier alpha value is -3.66. The molecular formula is C29H30N2O2. The monoisotopic (exact) mass is 438 g/mol. The van der Waals surface area contributed by atoms with E-state index in [0.717, 1.165) is 27.9 Å². The van der Waals surface area contributed by atoms with Gasteiger partial charge in [-0.05, 0) is 72.7 Å². The second-order valence-corrected chi connectivity index (χ2v) is 9.78. The van der Waals surface area contributed by atoms with Gasteiger partial charge in [0.2, 0.25) is 0 Å². The van der Waals surface area contributed by atoms with Crippen molar-refractivity contribution in [3.05, 3.63) is 100 Å². The molecule has 3 aromatic carbocycles. The van der Waals surface area contributed by atoms with Crippen LogP contribution in [0.1, 0.15) is 48.6 Å². The van der Waals surface area contributed by atoms with Gasteiger partial charge in [-0.15, -0.1) is 0 Å². The van der Waals surface area contributed by atoms with Crippen LogP contribution in [0.15, 0.2) is 72.4 Å². The lowest BCUT2D eigenvalue weighted by Crippen LogP contribution is -2.32. The van der Waals surface area contributed by atoms with Crippen LogP contribution >= 0.6 is 0 Å². The number of benzene rings is 3. The maximum Gasteiger partial charge on any atom is 0.282 e. The fourth-order valence-electron chi connectivity index (χ4n) is 3.94. The number of nitrogens with one attached hydrogen (secondary N) is 1. The summed E-state index contributed by atoms with van der Waals surface area (Å²) < 4.78 is 0. The zero-order valence-corrected chi connectivity index (χ0v) is 20.1. The first kappa shape index (κ1) is 22.5. The first-order valence-electron chi connectivity index (χ1n) is 11.2. The van der Waals surface area contributed by atoms with E-state index in [1.165, 1.54) is 10.5 Å². The van der Waals surface area contributed by atoms with E-state index in [0.29, 0.717) is 17.0 Å². The highest BCUT2D eigenvalue weighted by Gasteiger charge is 2.40. The van der Waals surface area contributed by atoms with Crippen molar-refractivity contribution in [2.75, 3.05) is 10.2 Å². The third kappa shape index (κ3) is 4.34. The van der Waals surface area contributed by atoms with Crippen molar-refractivity contribution in [1.82, 2.24) is 0 Å². The van der Waals surface area contributed by atoms with E-state index in [1.807, 2.05) is 87.5 Å². The molecule has 0 fully saturated rings. The van der Waals surface area contributed by atoms with Gasteiger partial charge in [-0.2, -0.15) is 0 Å². The Labute approximate surface area is 195 Å². The molecule has 0 aromatic heterocycles. The molecule has 0 atom stereocenters. The molecule has 1 N–H and O–H groups in total. The van der Waals surface area contributed by atoms with Crippen LogP contribution in [0.4, 0.5) is 11.4 Å². The topological polar surface area (TPSA) is 49.4 Å². The molecule has 0 unspecified atom stereocenters. The van der Waals surface area contributed by atoms with Gasteiger partial charge in [0, 0.05) is 5.69 Å². The molecule has 2 amide bonds. The predicted molar refractivity (Wildman–Crippen MR) is 135 cm³/mol. The zero-order chi connectivity index (χ0) is 23.9. The van der Waals surface area contributed by atoms with Crippen molar-refractivity contribution >= 4 is 28.8 Å². The number of aryl methyl sites for hydroxylation is 3. The highest BCUT2D eigenvalue weighted by molar-refractivity contribution is 6.46. The average Bonchev–Trinajstić information content (AvgIpc) is 3.00. The number of hydrogen-bond acceptors (Lipinski definition) is 3. The first-order chi connectivity index (χ1) is 15.6. The number of anilines is 2. The molecule has 0 aliphatic carbocycles. The van der Waals surface area contributed by atoms with Gasteiger partial charge in [0.15, 0.2) is 0 Å². The maximum atomic E-state index is 13.6. The Morgan fingerprint density at radius 3 is 1.94 bits per heavy atom. The highest BCUT2D eigenvalue weighted by Crippen LogP contribution is 2.35. The van der Waals surface area contributed by atoms with Crippen LogP contribution < -0.4 is 10.2 Å². The summed E-state index contributed by atoms with van der Waals surface area (Å²) >= 11 is 0. The van der Waals surface area contributed by atoms with Crippen molar-refractivity contribution in [3.63, 3.8) is 0 Å². The average molecular weight is 439 g/mol. The van der Waals surface area contributed by atoms with Crippen LogP contribution in [0, 0.1) is 20.8 Å². The van der Waals surface area contributed by atoms with E-state index < -0.39 is 0 Å². The number of carbonyl (C=O) groups is 2. The van der Waals surface area contributed by atoms with E-state index in [-0.39, 0.29) is 17.2 Å². The predicted octanol–water partition coefficient (Wildman–Crippen LogP) is 6.31. The molecular weight excluding hydrogens is 408 g/mol. The summed E-state index contributed by atoms with van der Waals surface area (Å²) in [5, 5.41) is 3.26. The smallest absolute Gasteiger partial charge is 0.282 e. The van der Waals surface area contributed by atoms with Gasteiger partial charge in [0.05, 0.1) is 11.3 Å². The Bertz CT molecular complexity index is 1260. The highest BCUT2D eigenvalue weighted by atomic mass is 16.2. The molecule has 4 nitrogen and oxygen atoms in total. The number of rotatable bonds is 4. The van der Waals surface area contributed by atoms with E-state index in [9.17, 15) is 9.59 Å². The molecule has 1 aliphatic heterocycles. The molecule has 1 aliphatic rings. The summed E-state index contributed by atoms with van der Waals surface area (Å²) in [5.41, 5.74) is 7.26. The fourth-order valence-corrected chi connectivity index (χ4v) is 3.94. The lowest BCUT2D eigenvalue weighted by Gasteiger charge is -2.21. The van der Waals surface area contributed by atoms with Crippen molar-refractivity contribution < 1.29 is 9.59 Å². The molecule has 168 valence electrons. The Kier molecular flexibility index (Phi) is 5.71. The third-order valence-electron chi connectivity index (χ3n) is 6.19. The fraction of sp³-hybridized carbons (Fsp3) is 0.241. The summed E-state index contributed by atoms with van der Waals surface area (Å²) in [6, 6.07) is 21.3. The number of nitrogens with zero attached hydrogens (tertiary/aromatic N) is 1. The lowest BCUT2D eigenvalue weighted by molar-refractivity contribution is -0.120. The molecule has 3 aromatic rings. The van der Waals surface area contributed by atoms with Crippen LogP contribution in [0.5, 0.6) is 0 Å². The van der Waals surface area contributed by atoms with Gasteiger partial charge in [0.1, 0.15) is 5.70 Å². The molecule has 0 spiro atoms. The third-order valence-corrected chi connectivity index (χ3v) is 6.19. The molecule has 4 rings (SSSR count).